The van der Waals surface area contributed by atoms with Gasteiger partial charge in [-0.2, -0.15) is 0 Å². The molecular weight excluding hydrogens is 134 g/mol. The van der Waals surface area contributed by atoms with Crippen LogP contribution in [0.1, 0.15) is 34.1 Å². The molecule has 0 fully saturated rings. The highest BCUT2D eigenvalue weighted by Crippen LogP contribution is 2.20. The molecule has 0 radical (unpaired) electrons. The van der Waals surface area contributed by atoms with Crippen molar-refractivity contribution in [2.24, 2.45) is 16.8 Å². The Hall–Kier alpha value is -0.590. The molecule has 0 saturated carbocycles. The molecule has 0 aromatic rings. The van der Waals surface area contributed by atoms with E-state index in [9.17, 15) is 0 Å². The molecule has 1 nitrogen and oxygen atoms in total. The van der Waals surface area contributed by atoms with Gasteiger partial charge in [-0.1, -0.05) is 19.9 Å². The first-order valence-corrected chi connectivity index (χ1v) is 4.33. The zero-order chi connectivity index (χ0) is 8.43. The number of nitrogens with zero attached hydrogens (tertiary/aromatic N) is 1. The SMILES string of the molecule is CC1=CC(C)C[C@@H](C)C(C)=N1. The van der Waals surface area contributed by atoms with Gasteiger partial charge < -0.3 is 0 Å². The first-order chi connectivity index (χ1) is 5.09. The van der Waals surface area contributed by atoms with Crippen LogP contribution in [0.15, 0.2) is 16.8 Å². The van der Waals surface area contributed by atoms with Gasteiger partial charge in [0.25, 0.3) is 0 Å². The van der Waals surface area contributed by atoms with E-state index in [1.165, 1.54) is 17.8 Å². The second-order valence-corrected chi connectivity index (χ2v) is 3.68. The molecular formula is C10H17N. The smallest absolute Gasteiger partial charge is 0.0334 e. The predicted octanol–water partition coefficient (Wildman–Crippen LogP) is 3.03. The van der Waals surface area contributed by atoms with Crippen LogP contribution in [0.3, 0.4) is 0 Å². The van der Waals surface area contributed by atoms with Gasteiger partial charge >= 0.3 is 0 Å². The van der Waals surface area contributed by atoms with Crippen LogP contribution in [0.5, 0.6) is 0 Å². The average molecular weight is 151 g/mol. The van der Waals surface area contributed by atoms with Gasteiger partial charge in [-0.3, -0.25) is 4.99 Å². The van der Waals surface area contributed by atoms with Crippen LogP contribution in [0.4, 0.5) is 0 Å². The van der Waals surface area contributed by atoms with Crippen LogP contribution >= 0.6 is 0 Å². The second-order valence-electron chi connectivity index (χ2n) is 3.68. The molecule has 0 aliphatic carbocycles. The predicted molar refractivity (Wildman–Crippen MR) is 49.8 cm³/mol. The van der Waals surface area contributed by atoms with Crippen molar-refractivity contribution in [3.8, 4) is 0 Å². The molecule has 1 aliphatic heterocycles. The van der Waals surface area contributed by atoms with Gasteiger partial charge in [0.2, 0.25) is 0 Å². The molecule has 0 aromatic carbocycles. The van der Waals surface area contributed by atoms with E-state index >= 15 is 0 Å². The molecule has 0 spiro atoms. The van der Waals surface area contributed by atoms with Crippen LogP contribution in [0.25, 0.3) is 0 Å². The summed E-state index contributed by atoms with van der Waals surface area (Å²) in [4.78, 5) is 4.49. The molecule has 0 amide bonds. The lowest BCUT2D eigenvalue weighted by atomic mass is 9.95. The maximum absolute atomic E-state index is 4.49. The van der Waals surface area contributed by atoms with E-state index in [0.717, 1.165) is 0 Å². The Bertz CT molecular complexity index is 201. The number of hydrogen-bond acceptors (Lipinski definition) is 1. The van der Waals surface area contributed by atoms with Crippen molar-refractivity contribution in [3.63, 3.8) is 0 Å². The third-order valence-corrected chi connectivity index (χ3v) is 2.32. The van der Waals surface area contributed by atoms with Crippen molar-refractivity contribution in [2.75, 3.05) is 0 Å². The largest absolute Gasteiger partial charge is 0.263 e. The molecule has 1 rings (SSSR count). The first kappa shape index (κ1) is 8.51. The maximum atomic E-state index is 4.49. The fourth-order valence-corrected chi connectivity index (χ4v) is 1.63. The van der Waals surface area contributed by atoms with E-state index in [-0.39, 0.29) is 0 Å². The zero-order valence-corrected chi connectivity index (χ0v) is 7.89. The average Bonchev–Trinajstić information content (AvgIpc) is 1.93. The normalized spacial score (nSPS) is 32.4. The maximum Gasteiger partial charge on any atom is 0.0334 e. The highest BCUT2D eigenvalue weighted by Gasteiger charge is 2.12. The summed E-state index contributed by atoms with van der Waals surface area (Å²) in [6, 6.07) is 0. The summed E-state index contributed by atoms with van der Waals surface area (Å²) in [6.45, 7) is 8.72. The molecule has 0 N–H and O–H groups in total. The van der Waals surface area contributed by atoms with Crippen LogP contribution in [-0.2, 0) is 0 Å². The van der Waals surface area contributed by atoms with E-state index in [1.807, 2.05) is 0 Å². The summed E-state index contributed by atoms with van der Waals surface area (Å²) < 4.78 is 0. The Balaban J connectivity index is 2.82. The Morgan fingerprint density at radius 3 is 2.64 bits per heavy atom. The number of allylic oxidation sites excluding steroid dienone is 2. The van der Waals surface area contributed by atoms with Crippen LogP contribution < -0.4 is 0 Å². The zero-order valence-electron chi connectivity index (χ0n) is 7.89. The van der Waals surface area contributed by atoms with Crippen molar-refractivity contribution in [2.45, 2.75) is 34.1 Å². The molecule has 1 heteroatoms. The molecule has 1 heterocycles. The van der Waals surface area contributed by atoms with Crippen molar-refractivity contribution < 1.29 is 0 Å². The van der Waals surface area contributed by atoms with Crippen LogP contribution in [-0.4, -0.2) is 5.71 Å². The van der Waals surface area contributed by atoms with E-state index in [2.05, 4.69) is 38.8 Å². The van der Waals surface area contributed by atoms with Gasteiger partial charge in [-0.05, 0) is 32.1 Å². The topological polar surface area (TPSA) is 12.4 Å². The highest BCUT2D eigenvalue weighted by atomic mass is 14.8. The minimum Gasteiger partial charge on any atom is -0.263 e. The Kier molecular flexibility index (Phi) is 2.48. The van der Waals surface area contributed by atoms with Crippen molar-refractivity contribution in [1.29, 1.82) is 0 Å². The monoisotopic (exact) mass is 151 g/mol. The van der Waals surface area contributed by atoms with E-state index in [1.54, 1.807) is 0 Å². The van der Waals surface area contributed by atoms with E-state index in [0.29, 0.717) is 11.8 Å². The van der Waals surface area contributed by atoms with Gasteiger partial charge in [0.1, 0.15) is 0 Å². The Labute approximate surface area is 69.2 Å². The molecule has 62 valence electrons. The van der Waals surface area contributed by atoms with Crippen molar-refractivity contribution in [1.82, 2.24) is 0 Å². The highest BCUT2D eigenvalue weighted by molar-refractivity contribution is 5.85. The first-order valence-electron chi connectivity index (χ1n) is 4.33. The molecule has 1 aliphatic rings. The Morgan fingerprint density at radius 1 is 1.36 bits per heavy atom. The third-order valence-electron chi connectivity index (χ3n) is 2.32. The van der Waals surface area contributed by atoms with Crippen LogP contribution in [0.2, 0.25) is 0 Å². The third kappa shape index (κ3) is 2.18. The summed E-state index contributed by atoms with van der Waals surface area (Å²) in [7, 11) is 0. The van der Waals surface area contributed by atoms with Gasteiger partial charge in [0.15, 0.2) is 0 Å². The van der Waals surface area contributed by atoms with Gasteiger partial charge in [-0.15, -0.1) is 0 Å². The Morgan fingerprint density at radius 2 is 2.00 bits per heavy atom. The lowest BCUT2D eigenvalue weighted by Gasteiger charge is -2.10. The lowest BCUT2D eigenvalue weighted by Crippen LogP contribution is -2.07. The molecule has 0 bridgehead atoms. The fraction of sp³-hybridized carbons (Fsp3) is 0.700. The van der Waals surface area contributed by atoms with Gasteiger partial charge in [0, 0.05) is 11.4 Å². The minimum absolute atomic E-state index is 0.652. The van der Waals surface area contributed by atoms with Gasteiger partial charge in [0.05, 0.1) is 0 Å². The second kappa shape index (κ2) is 3.21. The van der Waals surface area contributed by atoms with Crippen LogP contribution in [0, 0.1) is 11.8 Å². The van der Waals surface area contributed by atoms with Gasteiger partial charge in [-0.25, -0.2) is 0 Å². The summed E-state index contributed by atoms with van der Waals surface area (Å²) in [5.74, 6) is 1.34. The lowest BCUT2D eigenvalue weighted by molar-refractivity contribution is 0.569. The molecule has 0 aromatic heterocycles. The molecule has 11 heavy (non-hydrogen) atoms. The van der Waals surface area contributed by atoms with Crippen molar-refractivity contribution in [3.05, 3.63) is 11.8 Å². The summed E-state index contributed by atoms with van der Waals surface area (Å²) in [6.07, 6.45) is 3.50. The van der Waals surface area contributed by atoms with Crippen molar-refractivity contribution >= 4 is 5.71 Å². The molecule has 1 unspecified atom stereocenters. The number of aliphatic imine (C=N–C) groups is 1. The summed E-state index contributed by atoms with van der Waals surface area (Å²) >= 11 is 0. The standard InChI is InChI=1S/C10H17N/c1-7-5-8(2)10(4)11-9(3)6-7/h6-8H,5H2,1-4H3/t7?,8-/m1/s1. The summed E-state index contributed by atoms with van der Waals surface area (Å²) in [5.41, 5.74) is 2.46. The minimum atomic E-state index is 0.652. The molecule has 0 saturated heterocycles. The fourth-order valence-electron chi connectivity index (χ4n) is 1.63. The van der Waals surface area contributed by atoms with E-state index < -0.39 is 0 Å². The molecule has 2 atom stereocenters. The number of rotatable bonds is 0. The number of hydrogen-bond donors (Lipinski definition) is 0. The quantitative estimate of drug-likeness (QED) is 0.504. The summed E-state index contributed by atoms with van der Waals surface area (Å²) in [5, 5.41) is 0. The van der Waals surface area contributed by atoms with E-state index in [4.69, 9.17) is 0 Å².